The van der Waals surface area contributed by atoms with Crippen molar-refractivity contribution in [1.29, 1.82) is 0 Å². The molecule has 0 atom stereocenters. The number of benzene rings is 2. The second-order valence-electron chi connectivity index (χ2n) is 5.48. The van der Waals surface area contributed by atoms with Gasteiger partial charge in [0.05, 0.1) is 4.90 Å². The van der Waals surface area contributed by atoms with E-state index in [0.29, 0.717) is 5.69 Å². The van der Waals surface area contributed by atoms with Gasteiger partial charge >= 0.3 is 0 Å². The molecule has 0 saturated heterocycles. The van der Waals surface area contributed by atoms with Gasteiger partial charge in [-0.05, 0) is 60.7 Å². The summed E-state index contributed by atoms with van der Waals surface area (Å²) in [6.07, 6.45) is 1.74. The Balaban J connectivity index is 1.58. The molecule has 0 amide bonds. The van der Waals surface area contributed by atoms with Gasteiger partial charge in [-0.3, -0.25) is 4.72 Å². The second kappa shape index (κ2) is 6.79. The van der Waals surface area contributed by atoms with Gasteiger partial charge in [0.25, 0.3) is 10.0 Å². The fourth-order valence-electron chi connectivity index (χ4n) is 2.40. The number of anilines is 1. The van der Waals surface area contributed by atoms with Gasteiger partial charge in [0.1, 0.15) is 15.4 Å². The maximum atomic E-state index is 12.4. The molecule has 0 unspecified atom stereocenters. The number of thiazole rings is 1. The standard InChI is InChI=1S/C18H12BrN3O2S2/c19-13-5-9-15(10-6-13)26(23,24)22-14-7-3-12(4-8-14)17-21-16-2-1-11-20-18(16)25-17/h1-11,22H. The largest absolute Gasteiger partial charge is 0.280 e. The van der Waals surface area contributed by atoms with Crippen molar-refractivity contribution in [3.8, 4) is 10.6 Å². The van der Waals surface area contributed by atoms with Crippen LogP contribution in [0.5, 0.6) is 0 Å². The molecule has 4 rings (SSSR count). The zero-order chi connectivity index (χ0) is 18.1. The fraction of sp³-hybridized carbons (Fsp3) is 0. The van der Waals surface area contributed by atoms with Crippen molar-refractivity contribution in [3.05, 3.63) is 71.3 Å². The summed E-state index contributed by atoms with van der Waals surface area (Å²) in [5.41, 5.74) is 2.27. The van der Waals surface area contributed by atoms with E-state index in [1.807, 2.05) is 24.3 Å². The van der Waals surface area contributed by atoms with E-state index in [4.69, 9.17) is 0 Å². The van der Waals surface area contributed by atoms with Gasteiger partial charge in [0.2, 0.25) is 0 Å². The van der Waals surface area contributed by atoms with Crippen molar-refractivity contribution in [2.45, 2.75) is 4.90 Å². The van der Waals surface area contributed by atoms with E-state index in [-0.39, 0.29) is 4.90 Å². The lowest BCUT2D eigenvalue weighted by atomic mass is 10.2. The van der Waals surface area contributed by atoms with Crippen molar-refractivity contribution >= 4 is 53.3 Å². The Morgan fingerprint density at radius 1 is 0.962 bits per heavy atom. The second-order valence-corrected chi connectivity index (χ2v) is 9.06. The lowest BCUT2D eigenvalue weighted by molar-refractivity contribution is 0.601. The molecule has 2 aromatic heterocycles. The molecule has 1 N–H and O–H groups in total. The third-order valence-electron chi connectivity index (χ3n) is 3.67. The third-order valence-corrected chi connectivity index (χ3v) is 6.63. The quantitative estimate of drug-likeness (QED) is 0.483. The minimum absolute atomic E-state index is 0.210. The number of pyridine rings is 1. The molecule has 5 nitrogen and oxygen atoms in total. The number of aromatic nitrogens is 2. The lowest BCUT2D eigenvalue weighted by Gasteiger charge is -2.08. The predicted molar refractivity (Wildman–Crippen MR) is 108 cm³/mol. The molecule has 0 fully saturated rings. The van der Waals surface area contributed by atoms with E-state index in [9.17, 15) is 8.42 Å². The van der Waals surface area contributed by atoms with Crippen LogP contribution in [0.1, 0.15) is 0 Å². The minimum atomic E-state index is -3.62. The number of hydrogen-bond acceptors (Lipinski definition) is 5. The Labute approximate surface area is 162 Å². The average molecular weight is 446 g/mol. The van der Waals surface area contributed by atoms with Gasteiger partial charge in [-0.25, -0.2) is 18.4 Å². The highest BCUT2D eigenvalue weighted by Gasteiger charge is 2.14. The van der Waals surface area contributed by atoms with E-state index in [2.05, 4.69) is 30.6 Å². The number of halogens is 1. The van der Waals surface area contributed by atoms with Gasteiger partial charge < -0.3 is 0 Å². The van der Waals surface area contributed by atoms with Gasteiger partial charge in [-0.1, -0.05) is 27.3 Å². The Bertz CT molecular complexity index is 1140. The molecule has 0 aliphatic carbocycles. The first kappa shape index (κ1) is 17.1. The number of hydrogen-bond donors (Lipinski definition) is 1. The van der Waals surface area contributed by atoms with Gasteiger partial charge in [-0.2, -0.15) is 0 Å². The van der Waals surface area contributed by atoms with Crippen molar-refractivity contribution < 1.29 is 8.42 Å². The molecule has 0 bridgehead atoms. The maximum Gasteiger partial charge on any atom is 0.261 e. The summed E-state index contributed by atoms with van der Waals surface area (Å²) < 4.78 is 28.3. The van der Waals surface area contributed by atoms with E-state index in [0.717, 1.165) is 25.4 Å². The topological polar surface area (TPSA) is 72.0 Å². The molecular weight excluding hydrogens is 434 g/mol. The highest BCUT2D eigenvalue weighted by molar-refractivity contribution is 9.10. The highest BCUT2D eigenvalue weighted by atomic mass is 79.9. The van der Waals surface area contributed by atoms with E-state index in [1.165, 1.54) is 11.3 Å². The Morgan fingerprint density at radius 2 is 1.69 bits per heavy atom. The van der Waals surface area contributed by atoms with E-state index in [1.54, 1.807) is 42.6 Å². The fourth-order valence-corrected chi connectivity index (χ4v) is 4.64. The summed E-state index contributed by atoms with van der Waals surface area (Å²) >= 11 is 4.80. The number of rotatable bonds is 4. The van der Waals surface area contributed by atoms with Crippen LogP contribution in [0.15, 0.2) is 76.2 Å². The van der Waals surface area contributed by atoms with Crippen molar-refractivity contribution in [3.63, 3.8) is 0 Å². The van der Waals surface area contributed by atoms with Gasteiger partial charge in [-0.15, -0.1) is 0 Å². The smallest absolute Gasteiger partial charge is 0.261 e. The van der Waals surface area contributed by atoms with Crippen LogP contribution >= 0.6 is 27.3 Å². The number of sulfonamides is 1. The minimum Gasteiger partial charge on any atom is -0.280 e. The van der Waals surface area contributed by atoms with Crippen molar-refractivity contribution in [2.75, 3.05) is 4.72 Å². The summed E-state index contributed by atoms with van der Waals surface area (Å²) in [5, 5.41) is 0.848. The average Bonchev–Trinajstić information content (AvgIpc) is 3.06. The number of fused-ring (bicyclic) bond motifs is 1. The van der Waals surface area contributed by atoms with Crippen LogP contribution in [0.3, 0.4) is 0 Å². The summed E-state index contributed by atoms with van der Waals surface area (Å²) in [6.45, 7) is 0. The lowest BCUT2D eigenvalue weighted by Crippen LogP contribution is -2.12. The molecule has 0 radical (unpaired) electrons. The zero-order valence-corrected chi connectivity index (χ0v) is 16.5. The Morgan fingerprint density at radius 3 is 2.38 bits per heavy atom. The van der Waals surface area contributed by atoms with Crippen LogP contribution < -0.4 is 4.72 Å². The Kier molecular flexibility index (Phi) is 4.47. The van der Waals surface area contributed by atoms with Crippen LogP contribution in [-0.2, 0) is 10.0 Å². The molecule has 0 aliphatic rings. The molecule has 0 saturated carbocycles. The van der Waals surface area contributed by atoms with E-state index < -0.39 is 10.0 Å². The van der Waals surface area contributed by atoms with Gasteiger partial charge in [0.15, 0.2) is 0 Å². The molecule has 2 aromatic carbocycles. The first-order chi connectivity index (χ1) is 12.5. The molecule has 8 heteroatoms. The monoisotopic (exact) mass is 445 g/mol. The first-order valence-corrected chi connectivity index (χ1v) is 10.7. The van der Waals surface area contributed by atoms with Crippen LogP contribution in [-0.4, -0.2) is 18.4 Å². The maximum absolute atomic E-state index is 12.4. The number of nitrogens with zero attached hydrogens (tertiary/aromatic N) is 2. The predicted octanol–water partition coefficient (Wildman–Crippen LogP) is 4.92. The molecule has 0 aliphatic heterocycles. The molecule has 2 heterocycles. The first-order valence-electron chi connectivity index (χ1n) is 7.62. The van der Waals surface area contributed by atoms with Crippen LogP contribution in [0.25, 0.3) is 20.9 Å². The molecule has 4 aromatic rings. The summed E-state index contributed by atoms with van der Waals surface area (Å²) in [6, 6.07) is 17.4. The summed E-state index contributed by atoms with van der Waals surface area (Å²) in [5.74, 6) is 0. The molecule has 0 spiro atoms. The van der Waals surface area contributed by atoms with Crippen molar-refractivity contribution in [1.82, 2.24) is 9.97 Å². The molecular formula is C18H12BrN3O2S2. The highest BCUT2D eigenvalue weighted by Crippen LogP contribution is 2.29. The normalized spacial score (nSPS) is 11.6. The van der Waals surface area contributed by atoms with E-state index >= 15 is 0 Å². The SMILES string of the molecule is O=S(=O)(Nc1ccc(-c2nc3cccnc3s2)cc1)c1ccc(Br)cc1. The molecule has 130 valence electrons. The molecule has 26 heavy (non-hydrogen) atoms. The summed E-state index contributed by atoms with van der Waals surface area (Å²) in [7, 11) is -3.62. The van der Waals surface area contributed by atoms with Crippen LogP contribution in [0.4, 0.5) is 5.69 Å². The van der Waals surface area contributed by atoms with Gasteiger partial charge in [0, 0.05) is 21.9 Å². The van der Waals surface area contributed by atoms with Crippen molar-refractivity contribution in [2.24, 2.45) is 0 Å². The number of nitrogens with one attached hydrogen (secondary N) is 1. The Hall–Kier alpha value is -2.29. The third kappa shape index (κ3) is 3.48. The van der Waals surface area contributed by atoms with Crippen LogP contribution in [0.2, 0.25) is 0 Å². The van der Waals surface area contributed by atoms with Crippen LogP contribution in [0, 0.1) is 0 Å². The summed E-state index contributed by atoms with van der Waals surface area (Å²) in [4.78, 5) is 9.94. The zero-order valence-electron chi connectivity index (χ0n) is 13.3.